The molecule has 0 aliphatic rings. The molecule has 1 heterocycles. The lowest BCUT2D eigenvalue weighted by Crippen LogP contribution is -2.29. The second-order valence-electron chi connectivity index (χ2n) is 4.19. The summed E-state index contributed by atoms with van der Waals surface area (Å²) in [6.45, 7) is 0. The summed E-state index contributed by atoms with van der Waals surface area (Å²) in [5.41, 5.74) is 0. The standard InChI is InChI=1S/C14H15BrClNS2/c1-17-12(7-14-5-10(15)8-18-14)9-19-13-4-2-3-11(16)6-13/h2-6,8,12,17H,7,9H2,1H3. The van der Waals surface area contributed by atoms with E-state index in [1.165, 1.54) is 14.2 Å². The predicted molar refractivity (Wildman–Crippen MR) is 90.7 cm³/mol. The molecule has 0 amide bonds. The Bertz CT molecular complexity index is 530. The summed E-state index contributed by atoms with van der Waals surface area (Å²) in [7, 11) is 2.02. The zero-order valence-corrected chi connectivity index (χ0v) is 14.5. The molecule has 1 aromatic heterocycles. The molecule has 2 rings (SSSR count). The molecular weight excluding hydrogens is 362 g/mol. The first-order valence-electron chi connectivity index (χ1n) is 5.96. The molecule has 0 spiro atoms. The van der Waals surface area contributed by atoms with Crippen LogP contribution >= 0.6 is 50.6 Å². The summed E-state index contributed by atoms with van der Waals surface area (Å²) >= 11 is 13.1. The number of likely N-dealkylation sites (N-methyl/N-ethyl adjacent to an activating group) is 1. The number of hydrogen-bond acceptors (Lipinski definition) is 3. The minimum Gasteiger partial charge on any atom is -0.316 e. The SMILES string of the molecule is CNC(CSc1cccc(Cl)c1)Cc1cc(Br)cs1. The molecular formula is C14H15BrClNS2. The minimum absolute atomic E-state index is 0.467. The van der Waals surface area contributed by atoms with Gasteiger partial charge in [-0.25, -0.2) is 0 Å². The van der Waals surface area contributed by atoms with Crippen molar-refractivity contribution < 1.29 is 0 Å². The van der Waals surface area contributed by atoms with Crippen molar-refractivity contribution in [2.75, 3.05) is 12.8 Å². The zero-order chi connectivity index (χ0) is 13.7. The lowest BCUT2D eigenvalue weighted by atomic mass is 10.2. The van der Waals surface area contributed by atoms with Crippen molar-refractivity contribution in [2.24, 2.45) is 0 Å². The fourth-order valence-corrected chi connectivity index (χ4v) is 4.55. The number of thioether (sulfide) groups is 1. The van der Waals surface area contributed by atoms with Gasteiger partial charge in [0.2, 0.25) is 0 Å². The van der Waals surface area contributed by atoms with Crippen LogP contribution in [0.2, 0.25) is 5.02 Å². The summed E-state index contributed by atoms with van der Waals surface area (Å²) < 4.78 is 1.17. The van der Waals surface area contributed by atoms with E-state index in [1.807, 2.05) is 37.0 Å². The van der Waals surface area contributed by atoms with Gasteiger partial charge in [0.1, 0.15) is 0 Å². The van der Waals surface area contributed by atoms with Crippen LogP contribution in [0.15, 0.2) is 45.1 Å². The van der Waals surface area contributed by atoms with Crippen molar-refractivity contribution in [3.8, 4) is 0 Å². The van der Waals surface area contributed by atoms with Gasteiger partial charge in [-0.1, -0.05) is 17.7 Å². The second-order valence-corrected chi connectivity index (χ2v) is 7.63. The molecule has 0 fully saturated rings. The monoisotopic (exact) mass is 375 g/mol. The average molecular weight is 377 g/mol. The van der Waals surface area contributed by atoms with Crippen molar-refractivity contribution in [1.29, 1.82) is 0 Å². The molecule has 0 radical (unpaired) electrons. The molecule has 1 N–H and O–H groups in total. The molecule has 0 aliphatic carbocycles. The Morgan fingerprint density at radius 2 is 2.26 bits per heavy atom. The van der Waals surface area contributed by atoms with Gasteiger partial charge >= 0.3 is 0 Å². The molecule has 0 aliphatic heterocycles. The van der Waals surface area contributed by atoms with Crippen LogP contribution in [0.1, 0.15) is 4.88 Å². The zero-order valence-electron chi connectivity index (χ0n) is 10.5. The highest BCUT2D eigenvalue weighted by molar-refractivity contribution is 9.10. The van der Waals surface area contributed by atoms with Gasteiger partial charge < -0.3 is 5.32 Å². The Balaban J connectivity index is 1.89. The van der Waals surface area contributed by atoms with Crippen LogP contribution in [-0.2, 0) is 6.42 Å². The molecule has 1 unspecified atom stereocenters. The highest BCUT2D eigenvalue weighted by Gasteiger charge is 2.09. The first kappa shape index (κ1) is 15.4. The van der Waals surface area contributed by atoms with Crippen LogP contribution in [-0.4, -0.2) is 18.8 Å². The van der Waals surface area contributed by atoms with Crippen molar-refractivity contribution >= 4 is 50.6 Å². The summed E-state index contributed by atoms with van der Waals surface area (Å²) in [5, 5.41) is 6.31. The van der Waals surface area contributed by atoms with E-state index in [0.717, 1.165) is 17.2 Å². The molecule has 0 saturated carbocycles. The Labute approximate surface area is 135 Å². The quantitative estimate of drug-likeness (QED) is 0.705. The summed E-state index contributed by atoms with van der Waals surface area (Å²) in [5.74, 6) is 1.03. The van der Waals surface area contributed by atoms with Gasteiger partial charge in [-0.05, 0) is 53.7 Å². The van der Waals surface area contributed by atoms with Crippen LogP contribution in [0.5, 0.6) is 0 Å². The van der Waals surface area contributed by atoms with Gasteiger partial charge in [-0.15, -0.1) is 23.1 Å². The molecule has 19 heavy (non-hydrogen) atoms. The van der Waals surface area contributed by atoms with Crippen LogP contribution in [0.3, 0.4) is 0 Å². The molecule has 5 heteroatoms. The van der Waals surface area contributed by atoms with Gasteiger partial charge in [-0.2, -0.15) is 0 Å². The van der Waals surface area contributed by atoms with E-state index in [9.17, 15) is 0 Å². The van der Waals surface area contributed by atoms with Gasteiger partial charge in [0, 0.05) is 36.4 Å². The number of thiophene rings is 1. The maximum Gasteiger partial charge on any atom is 0.0417 e. The third-order valence-electron chi connectivity index (χ3n) is 2.72. The lowest BCUT2D eigenvalue weighted by Gasteiger charge is -2.14. The average Bonchev–Trinajstić information content (AvgIpc) is 2.80. The lowest BCUT2D eigenvalue weighted by molar-refractivity contribution is 0.622. The first-order chi connectivity index (χ1) is 9.17. The summed E-state index contributed by atoms with van der Waals surface area (Å²) in [4.78, 5) is 2.62. The summed E-state index contributed by atoms with van der Waals surface area (Å²) in [6, 6.07) is 10.7. The van der Waals surface area contributed by atoms with Crippen molar-refractivity contribution in [3.05, 3.63) is 50.1 Å². The Morgan fingerprint density at radius 3 is 2.89 bits per heavy atom. The number of hydrogen-bond donors (Lipinski definition) is 1. The Hall–Kier alpha value is -0.0000000000000000833. The van der Waals surface area contributed by atoms with Gasteiger partial charge in [-0.3, -0.25) is 0 Å². The number of halogens is 2. The van der Waals surface area contributed by atoms with Crippen LogP contribution in [0, 0.1) is 0 Å². The second kappa shape index (κ2) is 7.70. The molecule has 1 nitrogen and oxygen atoms in total. The van der Waals surface area contributed by atoms with E-state index < -0.39 is 0 Å². The molecule has 1 aromatic carbocycles. The molecule has 2 aromatic rings. The third-order valence-corrected chi connectivity index (χ3v) is 5.84. The molecule has 1 atom stereocenters. The fraction of sp³-hybridized carbons (Fsp3) is 0.286. The van der Waals surface area contributed by atoms with Crippen LogP contribution < -0.4 is 5.32 Å². The summed E-state index contributed by atoms with van der Waals surface area (Å²) in [6.07, 6.45) is 1.06. The van der Waals surface area contributed by atoms with E-state index in [4.69, 9.17) is 11.6 Å². The predicted octanol–water partition coefficient (Wildman–Crippen LogP) is 5.09. The normalized spacial score (nSPS) is 12.6. The Kier molecular flexibility index (Phi) is 6.23. The van der Waals surface area contributed by atoms with E-state index in [2.05, 4.69) is 38.8 Å². The van der Waals surface area contributed by atoms with Crippen molar-refractivity contribution in [3.63, 3.8) is 0 Å². The highest BCUT2D eigenvalue weighted by atomic mass is 79.9. The molecule has 102 valence electrons. The van der Waals surface area contributed by atoms with Gasteiger partial charge in [0.25, 0.3) is 0 Å². The molecule has 0 bridgehead atoms. The first-order valence-corrected chi connectivity index (χ1v) is 8.99. The van der Waals surface area contributed by atoms with Crippen LogP contribution in [0.4, 0.5) is 0 Å². The van der Waals surface area contributed by atoms with Gasteiger partial charge in [0.05, 0.1) is 0 Å². The highest BCUT2D eigenvalue weighted by Crippen LogP contribution is 2.25. The third kappa shape index (κ3) is 5.12. The molecule has 0 saturated heterocycles. The van der Waals surface area contributed by atoms with E-state index >= 15 is 0 Å². The fourth-order valence-electron chi connectivity index (χ4n) is 1.70. The number of rotatable bonds is 6. The Morgan fingerprint density at radius 1 is 1.42 bits per heavy atom. The van der Waals surface area contributed by atoms with E-state index in [0.29, 0.717) is 6.04 Å². The number of nitrogens with one attached hydrogen (secondary N) is 1. The van der Waals surface area contributed by atoms with Crippen LogP contribution in [0.25, 0.3) is 0 Å². The van der Waals surface area contributed by atoms with Crippen molar-refractivity contribution in [2.45, 2.75) is 17.4 Å². The largest absolute Gasteiger partial charge is 0.316 e. The topological polar surface area (TPSA) is 12.0 Å². The van der Waals surface area contributed by atoms with Gasteiger partial charge in [0.15, 0.2) is 0 Å². The number of benzene rings is 1. The smallest absolute Gasteiger partial charge is 0.0417 e. The maximum atomic E-state index is 5.99. The van der Waals surface area contributed by atoms with Crippen molar-refractivity contribution in [1.82, 2.24) is 5.32 Å². The minimum atomic E-state index is 0.467. The maximum absolute atomic E-state index is 5.99. The van der Waals surface area contributed by atoms with E-state index in [1.54, 1.807) is 11.3 Å². The van der Waals surface area contributed by atoms with E-state index in [-0.39, 0.29) is 0 Å².